The Balaban J connectivity index is 1.39. The fourth-order valence-corrected chi connectivity index (χ4v) is 3.65. The summed E-state index contributed by atoms with van der Waals surface area (Å²) in [6.45, 7) is 0.132. The maximum absolute atomic E-state index is 12.8. The van der Waals surface area contributed by atoms with E-state index in [4.69, 9.17) is 9.47 Å². The number of esters is 1. The van der Waals surface area contributed by atoms with Crippen LogP contribution >= 0.6 is 0 Å². The molecule has 0 saturated heterocycles. The summed E-state index contributed by atoms with van der Waals surface area (Å²) >= 11 is 0. The monoisotopic (exact) mass is 435 g/mol. The maximum Gasteiger partial charge on any atom is 0.312 e. The number of rotatable bonds is 8. The highest BCUT2D eigenvalue weighted by Gasteiger charge is 2.33. The zero-order valence-corrected chi connectivity index (χ0v) is 18.1. The highest BCUT2D eigenvalue weighted by Crippen LogP contribution is 2.29. The molecule has 4 rings (SSSR count). The second-order valence-electron chi connectivity index (χ2n) is 7.86. The van der Waals surface area contributed by atoms with E-state index in [1.54, 1.807) is 43.3 Å². The summed E-state index contributed by atoms with van der Waals surface area (Å²) < 4.78 is 11.7. The molecule has 0 bridgehead atoms. The van der Waals surface area contributed by atoms with Crippen LogP contribution in [0.1, 0.15) is 24.1 Å². The van der Waals surface area contributed by atoms with Crippen LogP contribution in [0.4, 0.5) is 0 Å². The first-order valence-electron chi connectivity index (χ1n) is 10.5. The molecule has 8 heteroatoms. The van der Waals surface area contributed by atoms with Crippen molar-refractivity contribution in [1.29, 1.82) is 0 Å². The van der Waals surface area contributed by atoms with E-state index in [2.05, 4.69) is 5.10 Å². The van der Waals surface area contributed by atoms with Crippen LogP contribution in [0.15, 0.2) is 53.3 Å². The van der Waals surface area contributed by atoms with Gasteiger partial charge in [0.25, 0.3) is 11.5 Å². The van der Waals surface area contributed by atoms with E-state index in [9.17, 15) is 14.4 Å². The van der Waals surface area contributed by atoms with Crippen LogP contribution in [0.3, 0.4) is 0 Å². The quantitative estimate of drug-likeness (QED) is 0.504. The zero-order chi connectivity index (χ0) is 22.7. The van der Waals surface area contributed by atoms with Gasteiger partial charge in [-0.25, -0.2) is 4.68 Å². The third-order valence-electron chi connectivity index (χ3n) is 5.52. The van der Waals surface area contributed by atoms with E-state index in [-0.39, 0.29) is 30.5 Å². The average molecular weight is 435 g/mol. The van der Waals surface area contributed by atoms with E-state index >= 15 is 0 Å². The van der Waals surface area contributed by atoms with Crippen molar-refractivity contribution in [2.45, 2.75) is 31.8 Å². The largest absolute Gasteiger partial charge is 0.497 e. The Morgan fingerprint density at radius 3 is 2.44 bits per heavy atom. The molecule has 1 aliphatic rings. The molecule has 8 nitrogen and oxygen atoms in total. The molecule has 1 fully saturated rings. The average Bonchev–Trinajstić information content (AvgIpc) is 3.65. The number of hydrogen-bond donors (Lipinski definition) is 0. The van der Waals surface area contributed by atoms with Crippen LogP contribution < -0.4 is 10.3 Å². The van der Waals surface area contributed by atoms with Gasteiger partial charge in [-0.3, -0.25) is 14.4 Å². The number of methoxy groups -OCH3 is 1. The summed E-state index contributed by atoms with van der Waals surface area (Å²) in [5.74, 6) is -0.0312. The fourth-order valence-electron chi connectivity index (χ4n) is 3.65. The smallest absolute Gasteiger partial charge is 0.312 e. The normalized spacial score (nSPS) is 13.1. The number of fused-ring (bicyclic) bond motifs is 1. The highest BCUT2D eigenvalue weighted by atomic mass is 16.5. The summed E-state index contributed by atoms with van der Waals surface area (Å²) in [6, 6.07) is 14.7. The van der Waals surface area contributed by atoms with Crippen molar-refractivity contribution in [1.82, 2.24) is 14.7 Å². The van der Waals surface area contributed by atoms with Crippen LogP contribution in [-0.4, -0.2) is 46.3 Å². The summed E-state index contributed by atoms with van der Waals surface area (Å²) in [6.07, 6.45) is 1.78. The molecule has 3 aromatic rings. The van der Waals surface area contributed by atoms with Crippen molar-refractivity contribution in [3.05, 3.63) is 70.1 Å². The van der Waals surface area contributed by atoms with Gasteiger partial charge in [0.05, 0.1) is 24.6 Å². The lowest BCUT2D eigenvalue weighted by atomic mass is 10.1. The number of ether oxygens (including phenoxy) is 2. The van der Waals surface area contributed by atoms with Crippen molar-refractivity contribution in [3.63, 3.8) is 0 Å². The lowest BCUT2D eigenvalue weighted by Crippen LogP contribution is -2.36. The highest BCUT2D eigenvalue weighted by molar-refractivity contribution is 5.87. The van der Waals surface area contributed by atoms with Crippen molar-refractivity contribution in [2.24, 2.45) is 7.05 Å². The standard InChI is InChI=1S/C24H25N3O5/c1-26-24(30)20-6-4-3-5-19(20)21(25-26)13-23(29)32-15-22(28)27(17-9-10-17)14-16-7-11-18(31-2)12-8-16/h3-8,11-12,17H,9-10,13-15H2,1-2H3. The van der Waals surface area contributed by atoms with Crippen LogP contribution in [0.5, 0.6) is 5.75 Å². The van der Waals surface area contributed by atoms with Gasteiger partial charge >= 0.3 is 5.97 Å². The number of benzene rings is 2. The lowest BCUT2D eigenvalue weighted by Gasteiger charge is -2.22. The Labute approximate surface area is 185 Å². The first-order chi connectivity index (χ1) is 15.5. The molecule has 0 aliphatic heterocycles. The predicted molar refractivity (Wildman–Crippen MR) is 118 cm³/mol. The second kappa shape index (κ2) is 9.21. The summed E-state index contributed by atoms with van der Waals surface area (Å²) in [7, 11) is 3.15. The Morgan fingerprint density at radius 1 is 1.09 bits per heavy atom. The molecular weight excluding hydrogens is 410 g/mol. The molecule has 1 amide bonds. The summed E-state index contributed by atoms with van der Waals surface area (Å²) in [4.78, 5) is 39.2. The van der Waals surface area contributed by atoms with Gasteiger partial charge in [-0.2, -0.15) is 5.10 Å². The van der Waals surface area contributed by atoms with Crippen LogP contribution in [0.2, 0.25) is 0 Å². The Hall–Kier alpha value is -3.68. The van der Waals surface area contributed by atoms with Gasteiger partial charge in [0.2, 0.25) is 0 Å². The Morgan fingerprint density at radius 2 is 1.78 bits per heavy atom. The van der Waals surface area contributed by atoms with Crippen molar-refractivity contribution in [3.8, 4) is 5.75 Å². The van der Waals surface area contributed by atoms with E-state index in [0.717, 1.165) is 24.2 Å². The summed E-state index contributed by atoms with van der Waals surface area (Å²) in [5.41, 5.74) is 1.20. The molecule has 166 valence electrons. The minimum absolute atomic E-state index is 0.121. The molecular formula is C24H25N3O5. The molecule has 0 radical (unpaired) electrons. The topological polar surface area (TPSA) is 90.7 Å². The van der Waals surface area contributed by atoms with Gasteiger partial charge in [-0.15, -0.1) is 0 Å². The SMILES string of the molecule is COc1ccc(CN(C(=O)COC(=O)Cc2nn(C)c(=O)c3ccccc23)C2CC2)cc1. The van der Waals surface area contributed by atoms with Gasteiger partial charge < -0.3 is 14.4 Å². The van der Waals surface area contributed by atoms with E-state index in [1.807, 2.05) is 24.3 Å². The second-order valence-corrected chi connectivity index (χ2v) is 7.86. The molecule has 1 saturated carbocycles. The van der Waals surface area contributed by atoms with Gasteiger partial charge in [0, 0.05) is 25.0 Å². The van der Waals surface area contributed by atoms with E-state index in [1.165, 1.54) is 4.68 Å². The van der Waals surface area contributed by atoms with Gasteiger partial charge in [0.15, 0.2) is 6.61 Å². The number of carbonyl (C=O) groups is 2. The number of nitrogens with zero attached hydrogens (tertiary/aromatic N) is 3. The first kappa shape index (κ1) is 21.5. The third kappa shape index (κ3) is 4.80. The first-order valence-corrected chi connectivity index (χ1v) is 10.5. The molecule has 32 heavy (non-hydrogen) atoms. The van der Waals surface area contributed by atoms with Gasteiger partial charge in [-0.05, 0) is 36.6 Å². The van der Waals surface area contributed by atoms with E-state index in [0.29, 0.717) is 23.0 Å². The third-order valence-corrected chi connectivity index (χ3v) is 5.52. The van der Waals surface area contributed by atoms with Gasteiger partial charge in [0.1, 0.15) is 5.75 Å². The van der Waals surface area contributed by atoms with Crippen molar-refractivity contribution in [2.75, 3.05) is 13.7 Å². The van der Waals surface area contributed by atoms with Crippen LogP contribution in [0.25, 0.3) is 10.8 Å². The molecule has 2 aromatic carbocycles. The summed E-state index contributed by atoms with van der Waals surface area (Å²) in [5, 5.41) is 5.31. The Bertz CT molecular complexity index is 1200. The van der Waals surface area contributed by atoms with Gasteiger partial charge in [-0.1, -0.05) is 30.3 Å². The van der Waals surface area contributed by atoms with Crippen molar-refractivity contribution < 1.29 is 19.1 Å². The maximum atomic E-state index is 12.8. The molecule has 0 unspecified atom stereocenters. The molecule has 0 atom stereocenters. The van der Waals surface area contributed by atoms with Crippen LogP contribution in [0, 0.1) is 0 Å². The Kier molecular flexibility index (Phi) is 6.20. The number of aryl methyl sites for hydroxylation is 1. The molecule has 1 heterocycles. The fraction of sp³-hybridized carbons (Fsp3) is 0.333. The van der Waals surface area contributed by atoms with Crippen LogP contribution in [-0.2, 0) is 34.3 Å². The minimum atomic E-state index is -0.560. The molecule has 1 aromatic heterocycles. The van der Waals surface area contributed by atoms with E-state index < -0.39 is 5.97 Å². The van der Waals surface area contributed by atoms with Crippen molar-refractivity contribution >= 4 is 22.6 Å². The molecule has 0 spiro atoms. The number of carbonyl (C=O) groups excluding carboxylic acids is 2. The zero-order valence-electron chi connectivity index (χ0n) is 18.1. The number of aromatic nitrogens is 2. The molecule has 0 N–H and O–H groups in total. The lowest BCUT2D eigenvalue weighted by molar-refractivity contribution is -0.152. The number of amides is 1. The minimum Gasteiger partial charge on any atom is -0.497 e. The molecule has 1 aliphatic carbocycles. The predicted octanol–water partition coefficient (Wildman–Crippen LogP) is 2.22. The number of hydrogen-bond acceptors (Lipinski definition) is 6.